The summed E-state index contributed by atoms with van der Waals surface area (Å²) in [4.78, 5) is 22.6. The highest BCUT2D eigenvalue weighted by atomic mass is 32.2. The van der Waals surface area contributed by atoms with E-state index < -0.39 is 12.0 Å². The second kappa shape index (κ2) is 8.42. The number of carboxylic acid groups (broad SMARTS) is 1. The average Bonchev–Trinajstić information content (AvgIpc) is 2.42. The average molecular weight is 282 g/mol. The van der Waals surface area contributed by atoms with Crippen LogP contribution in [0.4, 0.5) is 5.69 Å². The van der Waals surface area contributed by atoms with Gasteiger partial charge in [-0.25, -0.2) is 4.79 Å². The molecule has 19 heavy (non-hydrogen) atoms. The van der Waals surface area contributed by atoms with Gasteiger partial charge < -0.3 is 15.7 Å². The second-order valence-electron chi connectivity index (χ2n) is 3.96. The van der Waals surface area contributed by atoms with Crippen LogP contribution < -0.4 is 10.6 Å². The van der Waals surface area contributed by atoms with Crippen LogP contribution in [0.2, 0.25) is 0 Å². The number of para-hydroxylation sites is 1. The third-order valence-corrected chi connectivity index (χ3v) is 3.11. The number of aliphatic carboxylic acids is 1. The number of hydrogen-bond donors (Lipinski definition) is 3. The number of carbonyl (C=O) groups excluding carboxylic acids is 1. The third kappa shape index (κ3) is 6.15. The summed E-state index contributed by atoms with van der Waals surface area (Å²) in [5.74, 6) is -0.622. The fourth-order valence-electron chi connectivity index (χ4n) is 1.48. The van der Waals surface area contributed by atoms with E-state index >= 15 is 0 Å². The molecule has 1 aromatic rings. The number of carbonyl (C=O) groups is 2. The van der Waals surface area contributed by atoms with Gasteiger partial charge in [-0.3, -0.25) is 4.79 Å². The van der Waals surface area contributed by atoms with E-state index in [1.807, 2.05) is 36.6 Å². The monoisotopic (exact) mass is 282 g/mol. The number of rotatable bonds is 8. The molecule has 0 saturated heterocycles. The molecule has 5 nitrogen and oxygen atoms in total. The Morgan fingerprint density at radius 2 is 2.00 bits per heavy atom. The van der Waals surface area contributed by atoms with Crippen molar-refractivity contribution in [3.63, 3.8) is 0 Å². The Morgan fingerprint density at radius 1 is 1.32 bits per heavy atom. The molecule has 0 bridgehead atoms. The molecule has 0 aliphatic rings. The standard InChI is InChI=1S/C13H18N2O3S/c1-19-8-7-11(13(17)18)15-12(16)9-14-10-5-3-2-4-6-10/h2-6,11,14H,7-9H2,1H3,(H,15,16)(H,17,18)/t11-/m1/s1. The van der Waals surface area contributed by atoms with Gasteiger partial charge in [-0.05, 0) is 30.6 Å². The van der Waals surface area contributed by atoms with E-state index in [9.17, 15) is 9.59 Å². The van der Waals surface area contributed by atoms with Crippen LogP contribution in [-0.4, -0.2) is 41.6 Å². The summed E-state index contributed by atoms with van der Waals surface area (Å²) >= 11 is 1.55. The fourth-order valence-corrected chi connectivity index (χ4v) is 1.95. The second-order valence-corrected chi connectivity index (χ2v) is 4.94. The van der Waals surface area contributed by atoms with Crippen LogP contribution in [0.3, 0.4) is 0 Å². The Labute approximate surface area is 116 Å². The van der Waals surface area contributed by atoms with E-state index in [2.05, 4.69) is 10.6 Å². The highest BCUT2D eigenvalue weighted by molar-refractivity contribution is 7.98. The summed E-state index contributed by atoms with van der Waals surface area (Å²) in [6.07, 6.45) is 2.32. The van der Waals surface area contributed by atoms with Gasteiger partial charge in [0.2, 0.25) is 5.91 Å². The van der Waals surface area contributed by atoms with E-state index in [-0.39, 0.29) is 12.5 Å². The topological polar surface area (TPSA) is 78.4 Å². The van der Waals surface area contributed by atoms with Gasteiger partial charge >= 0.3 is 5.97 Å². The molecule has 1 aromatic carbocycles. The molecule has 1 atom stereocenters. The van der Waals surface area contributed by atoms with Crippen LogP contribution in [-0.2, 0) is 9.59 Å². The zero-order valence-electron chi connectivity index (χ0n) is 10.8. The molecule has 0 radical (unpaired) electrons. The number of anilines is 1. The lowest BCUT2D eigenvalue weighted by Gasteiger charge is -2.14. The summed E-state index contributed by atoms with van der Waals surface area (Å²) < 4.78 is 0. The lowest BCUT2D eigenvalue weighted by atomic mass is 10.2. The van der Waals surface area contributed by atoms with Gasteiger partial charge in [0.05, 0.1) is 6.54 Å². The molecule has 104 valence electrons. The fraction of sp³-hybridized carbons (Fsp3) is 0.385. The maximum atomic E-state index is 11.7. The molecule has 0 aliphatic heterocycles. The zero-order chi connectivity index (χ0) is 14.1. The van der Waals surface area contributed by atoms with Crippen molar-refractivity contribution < 1.29 is 14.7 Å². The molecule has 0 aromatic heterocycles. The summed E-state index contributed by atoms with van der Waals surface area (Å²) in [5, 5.41) is 14.4. The van der Waals surface area contributed by atoms with Gasteiger partial charge in [0.15, 0.2) is 0 Å². The molecular formula is C13H18N2O3S. The van der Waals surface area contributed by atoms with Crippen LogP contribution in [0.1, 0.15) is 6.42 Å². The number of benzene rings is 1. The number of hydrogen-bond acceptors (Lipinski definition) is 4. The van der Waals surface area contributed by atoms with Crippen LogP contribution in [0.15, 0.2) is 30.3 Å². The molecule has 0 unspecified atom stereocenters. The summed E-state index contributed by atoms with van der Waals surface area (Å²) in [7, 11) is 0. The van der Waals surface area contributed by atoms with E-state index in [4.69, 9.17) is 5.11 Å². The summed E-state index contributed by atoms with van der Waals surface area (Å²) in [6, 6.07) is 8.47. The predicted octanol–water partition coefficient (Wildman–Crippen LogP) is 1.42. The van der Waals surface area contributed by atoms with Gasteiger partial charge in [-0.15, -0.1) is 0 Å². The van der Waals surface area contributed by atoms with Gasteiger partial charge in [-0.1, -0.05) is 18.2 Å². The Kier molecular flexibility index (Phi) is 6.81. The minimum atomic E-state index is -0.998. The van der Waals surface area contributed by atoms with Crippen molar-refractivity contribution in [3.05, 3.63) is 30.3 Å². The first-order valence-corrected chi connectivity index (χ1v) is 7.33. The van der Waals surface area contributed by atoms with Crippen molar-refractivity contribution in [3.8, 4) is 0 Å². The van der Waals surface area contributed by atoms with Crippen molar-refractivity contribution in [2.75, 3.05) is 23.9 Å². The van der Waals surface area contributed by atoms with E-state index in [1.165, 1.54) is 0 Å². The molecule has 0 heterocycles. The first-order chi connectivity index (χ1) is 9.13. The SMILES string of the molecule is CSCC[C@@H](NC(=O)CNc1ccccc1)C(=O)O. The highest BCUT2D eigenvalue weighted by Gasteiger charge is 2.18. The third-order valence-electron chi connectivity index (χ3n) is 2.47. The highest BCUT2D eigenvalue weighted by Crippen LogP contribution is 2.04. The first-order valence-electron chi connectivity index (χ1n) is 5.93. The van der Waals surface area contributed by atoms with Crippen LogP contribution >= 0.6 is 11.8 Å². The lowest BCUT2D eigenvalue weighted by Crippen LogP contribution is -2.43. The van der Waals surface area contributed by atoms with Crippen molar-refractivity contribution >= 4 is 29.3 Å². The van der Waals surface area contributed by atoms with Gasteiger partial charge in [0, 0.05) is 5.69 Å². The number of nitrogens with one attached hydrogen (secondary N) is 2. The minimum absolute atomic E-state index is 0.0626. The normalized spacial score (nSPS) is 11.6. The number of carboxylic acids is 1. The largest absolute Gasteiger partial charge is 0.480 e. The maximum absolute atomic E-state index is 11.7. The molecule has 0 aliphatic carbocycles. The quantitative estimate of drug-likeness (QED) is 0.672. The molecule has 0 fully saturated rings. The van der Waals surface area contributed by atoms with Crippen molar-refractivity contribution in [1.29, 1.82) is 0 Å². The van der Waals surface area contributed by atoms with E-state index in [1.54, 1.807) is 11.8 Å². The predicted molar refractivity (Wildman–Crippen MR) is 77.5 cm³/mol. The molecular weight excluding hydrogens is 264 g/mol. The van der Waals surface area contributed by atoms with Crippen molar-refractivity contribution in [2.45, 2.75) is 12.5 Å². The molecule has 0 spiro atoms. The number of thioether (sulfide) groups is 1. The molecule has 0 saturated carbocycles. The Balaban J connectivity index is 2.38. The zero-order valence-corrected chi connectivity index (χ0v) is 11.6. The van der Waals surface area contributed by atoms with Crippen molar-refractivity contribution in [1.82, 2.24) is 5.32 Å². The van der Waals surface area contributed by atoms with Gasteiger partial charge in [-0.2, -0.15) is 11.8 Å². The smallest absolute Gasteiger partial charge is 0.326 e. The van der Waals surface area contributed by atoms with Crippen LogP contribution in [0.5, 0.6) is 0 Å². The summed E-state index contributed by atoms with van der Waals surface area (Å²) in [5.41, 5.74) is 0.827. The van der Waals surface area contributed by atoms with E-state index in [0.717, 1.165) is 5.69 Å². The Morgan fingerprint density at radius 3 is 2.58 bits per heavy atom. The molecule has 1 amide bonds. The lowest BCUT2D eigenvalue weighted by molar-refractivity contribution is -0.141. The van der Waals surface area contributed by atoms with Crippen LogP contribution in [0.25, 0.3) is 0 Å². The first kappa shape index (κ1) is 15.4. The van der Waals surface area contributed by atoms with E-state index in [0.29, 0.717) is 12.2 Å². The van der Waals surface area contributed by atoms with Crippen molar-refractivity contribution in [2.24, 2.45) is 0 Å². The number of amides is 1. The maximum Gasteiger partial charge on any atom is 0.326 e. The van der Waals surface area contributed by atoms with Gasteiger partial charge in [0.1, 0.15) is 6.04 Å². The van der Waals surface area contributed by atoms with Gasteiger partial charge in [0.25, 0.3) is 0 Å². The van der Waals surface area contributed by atoms with Crippen LogP contribution in [0, 0.1) is 0 Å². The Hall–Kier alpha value is -1.69. The molecule has 6 heteroatoms. The summed E-state index contributed by atoms with van der Waals surface area (Å²) in [6.45, 7) is 0.0626. The minimum Gasteiger partial charge on any atom is -0.480 e. The Bertz CT molecular complexity index is 412. The molecule has 1 rings (SSSR count). The molecule has 3 N–H and O–H groups in total.